The standard InChI is InChI=1S/C69H102N20O29/c1-31(2)20-36(70)57(107)77-32(3)56(106)79-38(15-17-51(97)98)59(109)85-44(25-54(103)104)64(114)84-43(23-49(71)95)63(113)81-39(16-18-52(99)100)60(110)86-47(29-92)67(117)89-46(28-91)66(116)83-42(22-34-11-13-35(94)14-12-34)62(112)87-48(30-93)68(118)88-45(27-90)65(115)80-37(10-7-19-75-69(73)74)58(108)76-26-50(96)78-41(21-33-8-5-4-6-9-33)61(111)82-40(55(72)105)24-53(101)102/h4-6,8-9,11-14,31-32,36-48,90-94H,7,10,15-30,70H2,1-3H3,(H2,71,95)(H2,72,105)(H,76,108)(H,77,107)(H,78,96)(H,79,106)(H,80,115)(H,81,113)(H,82,111)(H,83,116)(H,84,114)(H,85,109)(H,86,110)(H,87,112)(H,88,118)(H,89,117)(H,97,98)(H,99,100)(H,101,102)(H,103,104)(H4,73,74,75)/t32-,36-,37-,38-,39-,40-,41-,42-,43-,44-,45-,46-,47-,48-/m0/s1. The second-order valence-electron chi connectivity index (χ2n) is 26.9. The third-order valence-corrected chi connectivity index (χ3v) is 16.7. The third-order valence-electron chi connectivity index (χ3n) is 16.7. The van der Waals surface area contributed by atoms with Crippen molar-refractivity contribution in [1.29, 1.82) is 5.41 Å². The number of hydrogen-bond donors (Lipinski definition) is 29. The minimum absolute atomic E-state index is 0.0421. The molecule has 0 spiro atoms. The first-order valence-electron chi connectivity index (χ1n) is 36.2. The van der Waals surface area contributed by atoms with Crippen molar-refractivity contribution in [3.8, 4) is 5.75 Å². The Morgan fingerprint density at radius 3 is 1.12 bits per heavy atom. The molecule has 0 aliphatic rings. The lowest BCUT2D eigenvalue weighted by Gasteiger charge is -2.27. The molecule has 0 bridgehead atoms. The van der Waals surface area contributed by atoms with Gasteiger partial charge in [0.2, 0.25) is 94.5 Å². The number of carbonyl (C=O) groups is 20. The first-order valence-corrected chi connectivity index (χ1v) is 36.2. The molecule has 49 nitrogen and oxygen atoms in total. The molecule has 49 heteroatoms. The number of aromatic hydroxyl groups is 1. The summed E-state index contributed by atoms with van der Waals surface area (Å²) in [6, 6.07) is -13.4. The SMILES string of the molecule is CC(C)C[C@H](N)C(=O)N[C@@H](C)C(=O)N[C@@H](CCC(=O)O)C(=O)N[C@@H](CC(=O)O)C(=O)N[C@@H](CC(N)=O)C(=O)N[C@@H](CCC(=O)O)C(=O)N[C@@H](CO)C(=O)N[C@@H](CO)C(=O)N[C@@H](Cc1ccc(O)cc1)C(=O)N[C@@H](CO)C(=O)N[C@@H](CO)C(=O)N[C@@H](CCCNC(=N)N)C(=O)NCC(=O)N[C@@H](Cc1ccccc1)C(=O)N[C@@H](CC(=O)O)C(N)=O. The van der Waals surface area contributed by atoms with E-state index >= 15 is 0 Å². The van der Waals surface area contributed by atoms with Gasteiger partial charge in [0, 0.05) is 32.2 Å². The van der Waals surface area contributed by atoms with E-state index in [9.17, 15) is 142 Å². The van der Waals surface area contributed by atoms with Gasteiger partial charge < -0.3 is 149 Å². The van der Waals surface area contributed by atoms with E-state index in [0.29, 0.717) is 5.56 Å². The van der Waals surface area contributed by atoms with Gasteiger partial charge in [0.25, 0.3) is 0 Å². The van der Waals surface area contributed by atoms with Gasteiger partial charge in [-0.2, -0.15) is 0 Å². The zero-order valence-corrected chi connectivity index (χ0v) is 64.1. The van der Waals surface area contributed by atoms with Crippen LogP contribution in [0.3, 0.4) is 0 Å². The number of phenols is 1. The molecular weight excluding hydrogens is 1570 g/mol. The minimum atomic E-state index is -2.24. The molecule has 652 valence electrons. The molecule has 2 aromatic carbocycles. The van der Waals surface area contributed by atoms with Gasteiger partial charge in [0.05, 0.1) is 58.3 Å². The van der Waals surface area contributed by atoms with Crippen molar-refractivity contribution < 1.29 is 142 Å². The lowest BCUT2D eigenvalue weighted by Crippen LogP contribution is -2.62. The Morgan fingerprint density at radius 2 is 0.720 bits per heavy atom. The van der Waals surface area contributed by atoms with Gasteiger partial charge >= 0.3 is 23.9 Å². The van der Waals surface area contributed by atoms with E-state index in [-0.39, 0.29) is 49.5 Å². The van der Waals surface area contributed by atoms with E-state index in [1.165, 1.54) is 19.1 Å². The highest BCUT2D eigenvalue weighted by Crippen LogP contribution is 2.14. The first-order chi connectivity index (χ1) is 55.4. The number of aliphatic carboxylic acids is 4. The summed E-state index contributed by atoms with van der Waals surface area (Å²) >= 11 is 0. The number of guanidine groups is 1. The number of amides is 16. The van der Waals surface area contributed by atoms with Crippen LogP contribution in [0.1, 0.15) is 96.1 Å². The summed E-state index contributed by atoms with van der Waals surface area (Å²) in [6.07, 6.45) is -7.76. The van der Waals surface area contributed by atoms with Crippen LogP contribution in [0.2, 0.25) is 0 Å². The van der Waals surface area contributed by atoms with E-state index in [4.69, 9.17) is 28.3 Å². The maximum Gasteiger partial charge on any atom is 0.305 e. The average molecular weight is 1680 g/mol. The molecule has 14 atom stereocenters. The number of hydrogen-bond acceptors (Lipinski definition) is 27. The van der Waals surface area contributed by atoms with Crippen LogP contribution in [0.15, 0.2) is 54.6 Å². The molecule has 0 aliphatic carbocycles. The highest BCUT2D eigenvalue weighted by Gasteiger charge is 2.39. The van der Waals surface area contributed by atoms with Crippen LogP contribution in [0.4, 0.5) is 0 Å². The van der Waals surface area contributed by atoms with Gasteiger partial charge in [-0.05, 0) is 68.2 Å². The number of nitrogens with two attached hydrogens (primary N) is 4. The molecule has 2 rings (SSSR count). The Balaban J connectivity index is 2.40. The van der Waals surface area contributed by atoms with E-state index in [2.05, 4.69) is 53.2 Å². The largest absolute Gasteiger partial charge is 0.508 e. The number of carboxylic acid groups (broad SMARTS) is 4. The Labute approximate surface area is 671 Å². The van der Waals surface area contributed by atoms with Crippen LogP contribution in [0.5, 0.6) is 5.75 Å². The number of primary amides is 2. The van der Waals surface area contributed by atoms with E-state index in [0.717, 1.165) is 12.1 Å². The van der Waals surface area contributed by atoms with Crippen LogP contribution in [-0.2, 0) is 109 Å². The Kier molecular flexibility index (Phi) is 44.0. The summed E-state index contributed by atoms with van der Waals surface area (Å²) < 4.78 is 0. The molecule has 0 aliphatic heterocycles. The first kappa shape index (κ1) is 101. The molecule has 33 N–H and O–H groups in total. The number of nitrogens with one attached hydrogen (secondary N) is 16. The maximum atomic E-state index is 14.2. The molecule has 118 heavy (non-hydrogen) atoms. The number of aliphatic hydroxyl groups is 4. The number of rotatable bonds is 55. The van der Waals surface area contributed by atoms with Crippen molar-refractivity contribution in [3.05, 3.63) is 65.7 Å². The smallest absolute Gasteiger partial charge is 0.305 e. The summed E-state index contributed by atoms with van der Waals surface area (Å²) in [5.41, 5.74) is 22.5. The average Bonchev–Trinajstić information content (AvgIpc) is 0.859. The Morgan fingerprint density at radius 1 is 0.373 bits per heavy atom. The molecular formula is C69H102N20O29. The van der Waals surface area contributed by atoms with Gasteiger partial charge in [0.15, 0.2) is 5.96 Å². The molecule has 0 fully saturated rings. The maximum absolute atomic E-state index is 14.2. The van der Waals surface area contributed by atoms with Crippen molar-refractivity contribution in [2.24, 2.45) is 28.9 Å². The molecule has 0 aromatic heterocycles. The van der Waals surface area contributed by atoms with Crippen LogP contribution >= 0.6 is 0 Å². The minimum Gasteiger partial charge on any atom is -0.508 e. The van der Waals surface area contributed by atoms with Crippen molar-refractivity contribution in [3.63, 3.8) is 0 Å². The highest BCUT2D eigenvalue weighted by atomic mass is 16.4. The van der Waals surface area contributed by atoms with Gasteiger partial charge in [0.1, 0.15) is 84.3 Å². The number of benzene rings is 2. The van der Waals surface area contributed by atoms with Crippen LogP contribution in [-0.4, -0.2) is 294 Å². The molecule has 0 heterocycles. The molecule has 0 radical (unpaired) electrons. The van der Waals surface area contributed by atoms with Crippen LogP contribution in [0.25, 0.3) is 0 Å². The van der Waals surface area contributed by atoms with Gasteiger partial charge in [-0.1, -0.05) is 56.3 Å². The number of phenolic OH excluding ortho intramolecular Hbond substituents is 1. The molecule has 0 saturated heterocycles. The normalized spacial score (nSPS) is 14.4. The topological polar surface area (TPSA) is 832 Å². The van der Waals surface area contributed by atoms with Crippen molar-refractivity contribution in [2.75, 3.05) is 39.5 Å². The Bertz CT molecular complexity index is 3890. The number of carbonyl (C=O) groups excluding carboxylic acids is 16. The number of aliphatic hydroxyl groups excluding tert-OH is 4. The molecule has 0 saturated carbocycles. The molecule has 0 unspecified atom stereocenters. The zero-order chi connectivity index (χ0) is 89.2. The summed E-state index contributed by atoms with van der Waals surface area (Å²) in [6.45, 7) is -1.57. The third kappa shape index (κ3) is 38.2. The fourth-order valence-electron chi connectivity index (χ4n) is 10.5. The summed E-state index contributed by atoms with van der Waals surface area (Å²) in [4.78, 5) is 262. The zero-order valence-electron chi connectivity index (χ0n) is 64.1. The van der Waals surface area contributed by atoms with Crippen molar-refractivity contribution >= 4 is 124 Å². The summed E-state index contributed by atoms with van der Waals surface area (Å²) in [5.74, 6) is -27.9. The van der Waals surface area contributed by atoms with E-state index < -0.39 is 293 Å². The lowest BCUT2D eigenvalue weighted by atomic mass is 10.0. The van der Waals surface area contributed by atoms with E-state index in [1.54, 1.807) is 44.2 Å². The lowest BCUT2D eigenvalue weighted by molar-refractivity contribution is -0.142. The van der Waals surface area contributed by atoms with Gasteiger partial charge in [-0.3, -0.25) is 101 Å². The fourth-order valence-corrected chi connectivity index (χ4v) is 10.5. The number of carboxylic acids is 4. The second kappa shape index (κ2) is 51.5. The predicted octanol–water partition coefficient (Wildman–Crippen LogP) is -12.7. The molecule has 16 amide bonds. The van der Waals surface area contributed by atoms with Crippen molar-refractivity contribution in [2.45, 2.75) is 182 Å². The highest BCUT2D eigenvalue weighted by molar-refractivity contribution is 6.02. The Hall–Kier alpha value is -13.3. The fraction of sp³-hybridized carbons (Fsp3) is 0.522. The predicted molar refractivity (Wildman–Crippen MR) is 402 cm³/mol. The van der Waals surface area contributed by atoms with Crippen LogP contribution < -0.4 is 103 Å². The summed E-state index contributed by atoms with van der Waals surface area (Å²) in [7, 11) is 0. The van der Waals surface area contributed by atoms with Crippen molar-refractivity contribution in [1.82, 2.24) is 79.8 Å². The summed E-state index contributed by atoms with van der Waals surface area (Å²) in [5, 5.41) is 129. The second-order valence-corrected chi connectivity index (χ2v) is 26.9. The molecule has 2 aromatic rings. The monoisotopic (exact) mass is 1670 g/mol. The van der Waals surface area contributed by atoms with E-state index in [1.807, 2.05) is 26.6 Å². The quantitative estimate of drug-likeness (QED) is 0.0166. The van der Waals surface area contributed by atoms with Gasteiger partial charge in [-0.15, -0.1) is 0 Å². The van der Waals surface area contributed by atoms with Gasteiger partial charge in [-0.25, -0.2) is 0 Å². The van der Waals surface area contributed by atoms with Crippen LogP contribution in [0, 0.1) is 11.3 Å².